The molecule has 1 aliphatic rings. The fraction of sp³-hybridized carbons (Fsp3) is 0.333. The Labute approximate surface area is 71.4 Å². The predicted molar refractivity (Wildman–Crippen MR) is 46.8 cm³/mol. The van der Waals surface area contributed by atoms with Gasteiger partial charge in [-0.3, -0.25) is 0 Å². The van der Waals surface area contributed by atoms with Crippen molar-refractivity contribution in [3.8, 4) is 0 Å². The Morgan fingerprint density at radius 2 is 2.09 bits per heavy atom. The third-order valence-corrected chi connectivity index (χ3v) is 2.45. The predicted octanol–water partition coefficient (Wildman–Crippen LogP) is 2.37. The van der Waals surface area contributed by atoms with E-state index < -0.39 is 0 Å². The van der Waals surface area contributed by atoms with Crippen molar-refractivity contribution in [1.82, 2.24) is 5.32 Å². The van der Waals surface area contributed by atoms with Crippen LogP contribution in [0, 0.1) is 0 Å². The van der Waals surface area contributed by atoms with Gasteiger partial charge in [0.15, 0.2) is 0 Å². The lowest BCUT2D eigenvalue weighted by atomic mass is 9.98. The van der Waals surface area contributed by atoms with Crippen LogP contribution in [0.1, 0.15) is 18.0 Å². The monoisotopic (exact) mass is 167 g/mol. The van der Waals surface area contributed by atoms with Gasteiger partial charge in [-0.15, -0.1) is 0 Å². The van der Waals surface area contributed by atoms with E-state index in [1.165, 1.54) is 12.0 Å². The minimum Gasteiger partial charge on any atom is -0.310 e. The number of hydrogen-bond donors (Lipinski definition) is 1. The van der Waals surface area contributed by atoms with Gasteiger partial charge in [-0.05, 0) is 24.6 Å². The van der Waals surface area contributed by atoms with E-state index in [9.17, 15) is 0 Å². The van der Waals surface area contributed by atoms with Crippen LogP contribution in [0.15, 0.2) is 24.3 Å². The van der Waals surface area contributed by atoms with Gasteiger partial charge in [0.2, 0.25) is 0 Å². The van der Waals surface area contributed by atoms with Crippen molar-refractivity contribution in [1.29, 1.82) is 0 Å². The number of hydrogen-bond acceptors (Lipinski definition) is 1. The molecule has 58 valence electrons. The van der Waals surface area contributed by atoms with Crippen LogP contribution in [0.4, 0.5) is 0 Å². The number of benzene rings is 1. The van der Waals surface area contributed by atoms with Crippen molar-refractivity contribution in [2.45, 2.75) is 12.5 Å². The highest BCUT2D eigenvalue weighted by Crippen LogP contribution is 2.28. The molecule has 1 aliphatic heterocycles. The Bertz CT molecular complexity index is 255. The molecule has 1 fully saturated rings. The van der Waals surface area contributed by atoms with Gasteiger partial charge in [-0.1, -0.05) is 29.8 Å². The van der Waals surface area contributed by atoms with E-state index in [1.807, 2.05) is 18.2 Å². The molecule has 1 heterocycles. The van der Waals surface area contributed by atoms with Crippen molar-refractivity contribution in [2.75, 3.05) is 6.54 Å². The Kier molecular flexibility index (Phi) is 1.84. The zero-order valence-electron chi connectivity index (χ0n) is 6.18. The minimum absolute atomic E-state index is 0.503. The highest BCUT2D eigenvalue weighted by atomic mass is 35.5. The van der Waals surface area contributed by atoms with Crippen molar-refractivity contribution in [3.05, 3.63) is 34.9 Å². The van der Waals surface area contributed by atoms with Crippen molar-refractivity contribution < 1.29 is 0 Å². The molecule has 0 aromatic heterocycles. The van der Waals surface area contributed by atoms with E-state index in [2.05, 4.69) is 11.4 Å². The van der Waals surface area contributed by atoms with E-state index in [4.69, 9.17) is 11.6 Å². The summed E-state index contributed by atoms with van der Waals surface area (Å²) in [5, 5.41) is 4.20. The van der Waals surface area contributed by atoms with Gasteiger partial charge in [0, 0.05) is 11.1 Å². The van der Waals surface area contributed by atoms with Crippen LogP contribution < -0.4 is 5.32 Å². The second-order valence-electron chi connectivity index (χ2n) is 2.82. The van der Waals surface area contributed by atoms with Crippen molar-refractivity contribution in [3.63, 3.8) is 0 Å². The van der Waals surface area contributed by atoms with Gasteiger partial charge >= 0.3 is 0 Å². The molecule has 1 saturated heterocycles. The first-order chi connectivity index (χ1) is 5.38. The average Bonchev–Trinajstić information content (AvgIpc) is 1.90. The molecule has 1 atom stereocenters. The first-order valence-corrected chi connectivity index (χ1v) is 4.23. The summed E-state index contributed by atoms with van der Waals surface area (Å²) in [6.45, 7) is 1.12. The molecule has 0 aliphatic carbocycles. The standard InChI is InChI=1S/C9H10ClN/c10-8-4-2-1-3-7(8)9-5-6-11-9/h1-4,9,11H,5-6H2/t9-/m1/s1. The highest BCUT2D eigenvalue weighted by Gasteiger charge is 2.19. The highest BCUT2D eigenvalue weighted by molar-refractivity contribution is 6.31. The van der Waals surface area contributed by atoms with Gasteiger partial charge in [-0.2, -0.15) is 0 Å². The SMILES string of the molecule is Clc1ccccc1[C@H]1CCN1. The maximum absolute atomic E-state index is 5.99. The van der Waals surface area contributed by atoms with Gasteiger partial charge in [0.1, 0.15) is 0 Å². The van der Waals surface area contributed by atoms with Gasteiger partial charge in [0.25, 0.3) is 0 Å². The summed E-state index contributed by atoms with van der Waals surface area (Å²) < 4.78 is 0. The third-order valence-electron chi connectivity index (χ3n) is 2.10. The Morgan fingerprint density at radius 1 is 1.36 bits per heavy atom. The van der Waals surface area contributed by atoms with Crippen LogP contribution in [0.3, 0.4) is 0 Å². The summed E-state index contributed by atoms with van der Waals surface area (Å²) in [6.07, 6.45) is 1.21. The molecule has 2 rings (SSSR count). The lowest BCUT2D eigenvalue weighted by molar-refractivity contribution is 0.383. The molecule has 0 saturated carbocycles. The molecular formula is C9H10ClN. The number of halogens is 1. The maximum atomic E-state index is 5.99. The molecule has 1 aromatic rings. The summed E-state index contributed by atoms with van der Waals surface area (Å²) in [5.74, 6) is 0. The zero-order chi connectivity index (χ0) is 7.68. The van der Waals surface area contributed by atoms with Crippen LogP contribution >= 0.6 is 11.6 Å². The van der Waals surface area contributed by atoms with Crippen molar-refractivity contribution in [2.24, 2.45) is 0 Å². The smallest absolute Gasteiger partial charge is 0.0453 e. The summed E-state index contributed by atoms with van der Waals surface area (Å²) in [6, 6.07) is 8.52. The van der Waals surface area contributed by atoms with E-state index in [0.29, 0.717) is 6.04 Å². The zero-order valence-corrected chi connectivity index (χ0v) is 6.93. The Morgan fingerprint density at radius 3 is 2.64 bits per heavy atom. The van der Waals surface area contributed by atoms with Gasteiger partial charge in [-0.25, -0.2) is 0 Å². The number of nitrogens with one attached hydrogen (secondary N) is 1. The van der Waals surface area contributed by atoms with Crippen LogP contribution in [0.25, 0.3) is 0 Å². The molecule has 11 heavy (non-hydrogen) atoms. The fourth-order valence-corrected chi connectivity index (χ4v) is 1.58. The van der Waals surface area contributed by atoms with Gasteiger partial charge in [0.05, 0.1) is 0 Å². The first kappa shape index (κ1) is 7.14. The molecule has 0 amide bonds. The molecule has 1 N–H and O–H groups in total. The lowest BCUT2D eigenvalue weighted by Gasteiger charge is -2.28. The molecule has 1 aromatic carbocycles. The van der Waals surface area contributed by atoms with E-state index in [1.54, 1.807) is 0 Å². The van der Waals surface area contributed by atoms with Crippen LogP contribution in [0.2, 0.25) is 5.02 Å². The second kappa shape index (κ2) is 2.84. The quantitative estimate of drug-likeness (QED) is 0.677. The first-order valence-electron chi connectivity index (χ1n) is 3.86. The summed E-state index contributed by atoms with van der Waals surface area (Å²) >= 11 is 5.99. The summed E-state index contributed by atoms with van der Waals surface area (Å²) in [5.41, 5.74) is 1.24. The second-order valence-corrected chi connectivity index (χ2v) is 3.22. The number of rotatable bonds is 1. The molecule has 2 heteroatoms. The normalized spacial score (nSPS) is 22.8. The molecule has 0 unspecified atom stereocenters. The maximum Gasteiger partial charge on any atom is 0.0453 e. The molecule has 0 bridgehead atoms. The van der Waals surface area contributed by atoms with E-state index >= 15 is 0 Å². The van der Waals surface area contributed by atoms with E-state index in [-0.39, 0.29) is 0 Å². The molecule has 0 radical (unpaired) electrons. The summed E-state index contributed by atoms with van der Waals surface area (Å²) in [4.78, 5) is 0. The van der Waals surface area contributed by atoms with Crippen LogP contribution in [-0.2, 0) is 0 Å². The average molecular weight is 168 g/mol. The molecule has 0 spiro atoms. The lowest BCUT2D eigenvalue weighted by Crippen LogP contribution is -2.35. The van der Waals surface area contributed by atoms with E-state index in [0.717, 1.165) is 11.6 Å². The largest absolute Gasteiger partial charge is 0.310 e. The van der Waals surface area contributed by atoms with Gasteiger partial charge < -0.3 is 5.32 Å². The molecule has 1 nitrogen and oxygen atoms in total. The third kappa shape index (κ3) is 1.26. The van der Waals surface area contributed by atoms with Crippen LogP contribution in [0.5, 0.6) is 0 Å². The minimum atomic E-state index is 0.503. The van der Waals surface area contributed by atoms with Crippen LogP contribution in [-0.4, -0.2) is 6.54 Å². The topological polar surface area (TPSA) is 12.0 Å². The fourth-order valence-electron chi connectivity index (χ4n) is 1.31. The summed E-state index contributed by atoms with van der Waals surface area (Å²) in [7, 11) is 0. The van der Waals surface area contributed by atoms with Crippen molar-refractivity contribution >= 4 is 11.6 Å². The molecular weight excluding hydrogens is 158 g/mol. The Hall–Kier alpha value is -0.530. The Balaban J connectivity index is 2.28.